The number of hydrogen-bond acceptors (Lipinski definition) is 3. The molecule has 1 N–H and O–H groups in total. The quantitative estimate of drug-likeness (QED) is 0.917. The number of anilines is 1. The highest BCUT2D eigenvalue weighted by Crippen LogP contribution is 2.28. The van der Waals surface area contributed by atoms with E-state index in [0.717, 1.165) is 6.07 Å². The van der Waals surface area contributed by atoms with Gasteiger partial charge in [0.2, 0.25) is 5.91 Å². The molecule has 6 heteroatoms. The van der Waals surface area contributed by atoms with Gasteiger partial charge in [0, 0.05) is 29.8 Å². The minimum absolute atomic E-state index is 0.0287. The second-order valence-electron chi connectivity index (χ2n) is 6.36. The molecule has 0 radical (unpaired) electrons. The van der Waals surface area contributed by atoms with Crippen molar-refractivity contribution in [2.24, 2.45) is 5.92 Å². The second-order valence-corrected chi connectivity index (χ2v) is 6.36. The molecule has 4 nitrogen and oxygen atoms in total. The van der Waals surface area contributed by atoms with E-state index in [4.69, 9.17) is 0 Å². The highest BCUT2D eigenvalue weighted by Gasteiger charge is 2.28. The largest absolute Gasteiger partial charge is 0.310 e. The van der Waals surface area contributed by atoms with Crippen molar-refractivity contribution in [2.45, 2.75) is 25.8 Å². The van der Waals surface area contributed by atoms with Crippen molar-refractivity contribution in [1.29, 1.82) is 0 Å². The van der Waals surface area contributed by atoms with Gasteiger partial charge in [-0.15, -0.1) is 0 Å². The third-order valence-corrected chi connectivity index (χ3v) is 4.78. The molecule has 0 spiro atoms. The number of nitrogens with one attached hydrogen (secondary N) is 1. The van der Waals surface area contributed by atoms with Gasteiger partial charge < -0.3 is 5.32 Å². The van der Waals surface area contributed by atoms with E-state index in [1.807, 2.05) is 13.0 Å². The molecule has 0 bridgehead atoms. The molecule has 1 aliphatic heterocycles. The number of rotatable bonds is 4. The van der Waals surface area contributed by atoms with E-state index in [9.17, 15) is 13.6 Å². The van der Waals surface area contributed by atoms with Crippen LogP contribution in [0.2, 0.25) is 0 Å². The summed E-state index contributed by atoms with van der Waals surface area (Å²) in [5.41, 5.74) is 0.484. The van der Waals surface area contributed by atoms with Crippen molar-refractivity contribution in [3.63, 3.8) is 0 Å². The average molecular weight is 345 g/mol. The van der Waals surface area contributed by atoms with E-state index in [0.29, 0.717) is 37.3 Å². The van der Waals surface area contributed by atoms with Gasteiger partial charge in [0.1, 0.15) is 17.5 Å². The molecule has 1 aromatic heterocycles. The second kappa shape index (κ2) is 7.70. The maximum absolute atomic E-state index is 14.0. The number of benzene rings is 1. The number of piperidine rings is 1. The molecule has 1 saturated heterocycles. The minimum Gasteiger partial charge on any atom is -0.310 e. The van der Waals surface area contributed by atoms with Crippen LogP contribution in [0.1, 0.15) is 31.4 Å². The standard InChI is InChI=1S/C19H21F2N3O/c1-13(16-6-5-15(20)12-17(16)21)24-10-7-14(8-11-24)19(25)23-18-4-2-3-9-22-18/h2-6,9,12-14H,7-8,10-11H2,1H3,(H,22,23,25)/t13-/m1/s1. The summed E-state index contributed by atoms with van der Waals surface area (Å²) in [6.45, 7) is 3.29. The number of carbonyl (C=O) groups excluding carboxylic acids is 1. The van der Waals surface area contributed by atoms with Gasteiger partial charge in [-0.25, -0.2) is 13.8 Å². The van der Waals surface area contributed by atoms with Crippen LogP contribution in [0.3, 0.4) is 0 Å². The summed E-state index contributed by atoms with van der Waals surface area (Å²) in [6.07, 6.45) is 3.04. The fourth-order valence-electron chi connectivity index (χ4n) is 3.25. The molecule has 25 heavy (non-hydrogen) atoms. The van der Waals surface area contributed by atoms with Crippen LogP contribution in [0.4, 0.5) is 14.6 Å². The highest BCUT2D eigenvalue weighted by molar-refractivity contribution is 5.91. The number of nitrogens with zero attached hydrogens (tertiary/aromatic N) is 2. The Balaban J connectivity index is 1.57. The molecule has 3 rings (SSSR count). The maximum atomic E-state index is 14.0. The number of carbonyl (C=O) groups is 1. The van der Waals surface area contributed by atoms with Gasteiger partial charge in [-0.2, -0.15) is 0 Å². The Kier molecular flexibility index (Phi) is 5.38. The molecule has 1 atom stereocenters. The van der Waals surface area contributed by atoms with Crippen LogP contribution in [0.15, 0.2) is 42.6 Å². The van der Waals surface area contributed by atoms with E-state index in [-0.39, 0.29) is 17.9 Å². The summed E-state index contributed by atoms with van der Waals surface area (Å²) >= 11 is 0. The number of likely N-dealkylation sites (tertiary alicyclic amines) is 1. The Labute approximate surface area is 145 Å². The van der Waals surface area contributed by atoms with Crippen molar-refractivity contribution in [3.05, 3.63) is 59.8 Å². The topological polar surface area (TPSA) is 45.2 Å². The molecule has 132 valence electrons. The Bertz CT molecular complexity index is 731. The molecule has 2 heterocycles. The smallest absolute Gasteiger partial charge is 0.228 e. The lowest BCUT2D eigenvalue weighted by atomic mass is 9.93. The van der Waals surface area contributed by atoms with E-state index >= 15 is 0 Å². The lowest BCUT2D eigenvalue weighted by molar-refractivity contribution is -0.121. The van der Waals surface area contributed by atoms with Crippen LogP contribution in [-0.4, -0.2) is 28.9 Å². The molecule has 1 amide bonds. The summed E-state index contributed by atoms with van der Waals surface area (Å²) in [5, 5.41) is 2.83. The van der Waals surface area contributed by atoms with Gasteiger partial charge in [0.25, 0.3) is 0 Å². The number of hydrogen-bond donors (Lipinski definition) is 1. The molecule has 1 aromatic carbocycles. The predicted octanol–water partition coefficient (Wildman–Crippen LogP) is 3.77. The monoisotopic (exact) mass is 345 g/mol. The first-order chi connectivity index (χ1) is 12.0. The third-order valence-electron chi connectivity index (χ3n) is 4.78. The normalized spacial score (nSPS) is 17.2. The molecule has 0 unspecified atom stereocenters. The zero-order chi connectivity index (χ0) is 17.8. The van der Waals surface area contributed by atoms with E-state index in [1.54, 1.807) is 18.3 Å². The maximum Gasteiger partial charge on any atom is 0.228 e. The summed E-state index contributed by atoms with van der Waals surface area (Å²) in [5.74, 6) is -0.653. The van der Waals surface area contributed by atoms with Crippen LogP contribution in [0, 0.1) is 17.6 Å². The van der Waals surface area contributed by atoms with Crippen molar-refractivity contribution in [2.75, 3.05) is 18.4 Å². The number of pyridine rings is 1. The zero-order valence-electron chi connectivity index (χ0n) is 14.1. The van der Waals surface area contributed by atoms with Crippen LogP contribution in [-0.2, 0) is 4.79 Å². The van der Waals surface area contributed by atoms with Gasteiger partial charge in [-0.3, -0.25) is 9.69 Å². The van der Waals surface area contributed by atoms with Gasteiger partial charge in [-0.1, -0.05) is 12.1 Å². The molecule has 1 aliphatic rings. The summed E-state index contributed by atoms with van der Waals surface area (Å²) < 4.78 is 27.0. The van der Waals surface area contributed by atoms with E-state index < -0.39 is 11.6 Å². The Morgan fingerprint density at radius 1 is 1.24 bits per heavy atom. The predicted molar refractivity (Wildman–Crippen MR) is 91.9 cm³/mol. The molecular formula is C19H21F2N3O. The van der Waals surface area contributed by atoms with Crippen LogP contribution >= 0.6 is 0 Å². The third kappa shape index (κ3) is 4.20. The van der Waals surface area contributed by atoms with Gasteiger partial charge in [0.15, 0.2) is 0 Å². The minimum atomic E-state index is -0.571. The molecule has 0 aliphatic carbocycles. The first-order valence-corrected chi connectivity index (χ1v) is 8.45. The number of aromatic nitrogens is 1. The van der Waals surface area contributed by atoms with Crippen LogP contribution in [0.25, 0.3) is 0 Å². The Hall–Kier alpha value is -2.34. The zero-order valence-corrected chi connectivity index (χ0v) is 14.1. The molecule has 0 saturated carbocycles. The number of halogens is 2. The van der Waals surface area contributed by atoms with Crippen molar-refractivity contribution in [1.82, 2.24) is 9.88 Å². The summed E-state index contributed by atoms with van der Waals surface area (Å²) in [4.78, 5) is 18.6. The van der Waals surface area contributed by atoms with Crippen molar-refractivity contribution >= 4 is 11.7 Å². The summed E-state index contributed by atoms with van der Waals surface area (Å²) in [7, 11) is 0. The number of amides is 1. The fourth-order valence-corrected chi connectivity index (χ4v) is 3.25. The first-order valence-electron chi connectivity index (χ1n) is 8.45. The Morgan fingerprint density at radius 3 is 2.64 bits per heavy atom. The highest BCUT2D eigenvalue weighted by atomic mass is 19.1. The Morgan fingerprint density at radius 2 is 2.00 bits per heavy atom. The van der Waals surface area contributed by atoms with Crippen molar-refractivity contribution < 1.29 is 13.6 Å². The van der Waals surface area contributed by atoms with E-state index in [2.05, 4.69) is 15.2 Å². The average Bonchev–Trinajstić information content (AvgIpc) is 2.62. The first kappa shape index (κ1) is 17.5. The van der Waals surface area contributed by atoms with Crippen LogP contribution in [0.5, 0.6) is 0 Å². The van der Waals surface area contributed by atoms with Gasteiger partial charge in [0.05, 0.1) is 0 Å². The lowest BCUT2D eigenvalue weighted by Crippen LogP contribution is -2.39. The fraction of sp³-hybridized carbons (Fsp3) is 0.368. The molecule has 2 aromatic rings. The van der Waals surface area contributed by atoms with Gasteiger partial charge >= 0.3 is 0 Å². The van der Waals surface area contributed by atoms with Gasteiger partial charge in [-0.05, 0) is 51.1 Å². The molecule has 1 fully saturated rings. The SMILES string of the molecule is C[C@H](c1ccc(F)cc1F)N1CCC(C(=O)Nc2ccccn2)CC1. The van der Waals surface area contributed by atoms with Crippen LogP contribution < -0.4 is 5.32 Å². The lowest BCUT2D eigenvalue weighted by Gasteiger charge is -2.35. The van der Waals surface area contributed by atoms with Crippen molar-refractivity contribution in [3.8, 4) is 0 Å². The molecular weight excluding hydrogens is 324 g/mol. The summed E-state index contributed by atoms with van der Waals surface area (Å²) in [6, 6.07) is 8.91. The van der Waals surface area contributed by atoms with E-state index in [1.165, 1.54) is 12.1 Å².